The molecule has 0 unspecified atom stereocenters. The van der Waals surface area contributed by atoms with Gasteiger partial charge in [-0.25, -0.2) is 0 Å². The van der Waals surface area contributed by atoms with Crippen LogP contribution in [0.1, 0.15) is 0 Å². The van der Waals surface area contributed by atoms with E-state index in [0.29, 0.717) is 46.7 Å². The highest BCUT2D eigenvalue weighted by Crippen LogP contribution is 2.26. The lowest BCUT2D eigenvalue weighted by atomic mass is 10.1. The van der Waals surface area contributed by atoms with Crippen LogP contribution in [0.5, 0.6) is 5.75 Å². The quantitative estimate of drug-likeness (QED) is 0.330. The number of hydrogen-bond acceptors (Lipinski definition) is 6. The minimum absolute atomic E-state index is 0.407. The second-order valence-electron chi connectivity index (χ2n) is 6.01. The van der Waals surface area contributed by atoms with Crippen LogP contribution in [-0.4, -0.2) is 30.5 Å². The van der Waals surface area contributed by atoms with Crippen LogP contribution in [0.15, 0.2) is 70.4 Å². The van der Waals surface area contributed by atoms with E-state index >= 15 is 0 Å². The van der Waals surface area contributed by atoms with Crippen LogP contribution in [0.25, 0.3) is 33.2 Å². The molecular weight excluding hydrogens is 344 g/mol. The Hall–Kier alpha value is -3.38. The zero-order valence-corrected chi connectivity index (χ0v) is 14.8. The van der Waals surface area contributed by atoms with E-state index in [9.17, 15) is 5.21 Å². The van der Waals surface area contributed by atoms with Gasteiger partial charge in [0.25, 0.3) is 0 Å². The largest absolute Gasteiger partial charge is 0.491 e. The molecule has 0 aliphatic carbocycles. The van der Waals surface area contributed by atoms with E-state index in [4.69, 9.17) is 13.9 Å². The van der Waals surface area contributed by atoms with E-state index in [2.05, 4.69) is 10.1 Å². The summed E-state index contributed by atoms with van der Waals surface area (Å²) in [5.41, 5.74) is 1.20. The highest BCUT2D eigenvalue weighted by molar-refractivity contribution is 5.85. The van der Waals surface area contributed by atoms with E-state index in [1.807, 2.05) is 30.3 Å². The number of rotatable bonds is 5. The van der Waals surface area contributed by atoms with Gasteiger partial charge in [-0.1, -0.05) is 29.4 Å². The van der Waals surface area contributed by atoms with Gasteiger partial charge in [-0.3, -0.25) is 4.98 Å². The van der Waals surface area contributed by atoms with Gasteiger partial charge in [-0.05, 0) is 23.6 Å². The van der Waals surface area contributed by atoms with Gasteiger partial charge in [-0.15, -0.1) is 0 Å². The van der Waals surface area contributed by atoms with Crippen molar-refractivity contribution in [3.05, 3.63) is 66.2 Å². The number of benzene rings is 2. The predicted molar refractivity (Wildman–Crippen MR) is 102 cm³/mol. The Balaban J connectivity index is 1.81. The summed E-state index contributed by atoms with van der Waals surface area (Å²) in [6, 6.07) is 16.9. The minimum atomic E-state index is 0.407. The van der Waals surface area contributed by atoms with Crippen molar-refractivity contribution in [2.45, 2.75) is 0 Å². The predicted octanol–water partition coefficient (Wildman–Crippen LogP) is 3.96. The third-order valence-corrected chi connectivity index (χ3v) is 4.26. The summed E-state index contributed by atoms with van der Waals surface area (Å²) in [7, 11) is 1.62. The Bertz CT molecular complexity index is 1170. The molecule has 0 saturated heterocycles. The zero-order chi connectivity index (χ0) is 18.6. The Morgan fingerprint density at radius 3 is 2.70 bits per heavy atom. The summed E-state index contributed by atoms with van der Waals surface area (Å²) in [5, 5.41) is 16.0. The van der Waals surface area contributed by atoms with Gasteiger partial charge in [0.05, 0.1) is 6.61 Å². The lowest BCUT2D eigenvalue weighted by Crippen LogP contribution is -2.06. The number of methoxy groups -OCH3 is 1. The zero-order valence-electron chi connectivity index (χ0n) is 14.8. The monoisotopic (exact) mass is 362 g/mol. The molecule has 0 radical (unpaired) electrons. The van der Waals surface area contributed by atoms with Gasteiger partial charge in [0.15, 0.2) is 5.76 Å². The fraction of sp³-hybridized carbons (Fsp3) is 0.143. The maximum absolute atomic E-state index is 9.44. The highest BCUT2D eigenvalue weighted by Gasteiger charge is 2.09. The molecule has 4 rings (SSSR count). The molecule has 0 fully saturated rings. The smallest absolute Gasteiger partial charge is 0.155 e. The molecule has 0 spiro atoms. The van der Waals surface area contributed by atoms with Crippen molar-refractivity contribution >= 4 is 21.7 Å². The standard InChI is InChI=1S/C21H18N2O4/c1-25-8-9-26-16-6-7-17-18(23-24)12-21(27-20(17)11-16)19-10-14-4-2-3-5-15(14)13-22-19/h2-7,10-13,24H,8-9H2,1H3/b23-18-. The summed E-state index contributed by atoms with van der Waals surface area (Å²) in [4.78, 5) is 4.48. The van der Waals surface area contributed by atoms with Crippen molar-refractivity contribution in [2.75, 3.05) is 20.3 Å². The van der Waals surface area contributed by atoms with Crippen LogP contribution < -0.4 is 10.1 Å². The lowest BCUT2D eigenvalue weighted by Gasteiger charge is -2.08. The van der Waals surface area contributed by atoms with Gasteiger partial charge in [0, 0.05) is 36.2 Å². The van der Waals surface area contributed by atoms with Gasteiger partial charge in [0.1, 0.15) is 29.0 Å². The molecule has 136 valence electrons. The second-order valence-corrected chi connectivity index (χ2v) is 6.01. The summed E-state index contributed by atoms with van der Waals surface area (Å²) < 4.78 is 16.7. The first-order valence-electron chi connectivity index (χ1n) is 8.51. The summed E-state index contributed by atoms with van der Waals surface area (Å²) >= 11 is 0. The average molecular weight is 362 g/mol. The van der Waals surface area contributed by atoms with Crippen LogP contribution in [0, 0.1) is 0 Å². The first-order valence-corrected chi connectivity index (χ1v) is 8.51. The molecule has 6 nitrogen and oxygen atoms in total. The highest BCUT2D eigenvalue weighted by atomic mass is 16.5. The Morgan fingerprint density at radius 2 is 1.89 bits per heavy atom. The van der Waals surface area contributed by atoms with Crippen molar-refractivity contribution in [3.8, 4) is 17.2 Å². The van der Waals surface area contributed by atoms with Gasteiger partial charge < -0.3 is 19.1 Å². The molecule has 6 heteroatoms. The molecule has 2 aromatic carbocycles. The van der Waals surface area contributed by atoms with Crippen molar-refractivity contribution < 1.29 is 19.1 Å². The number of pyridine rings is 1. The molecule has 27 heavy (non-hydrogen) atoms. The molecule has 2 heterocycles. The van der Waals surface area contributed by atoms with Gasteiger partial charge in [0.2, 0.25) is 0 Å². The molecular formula is C21H18N2O4. The number of nitrogens with zero attached hydrogens (tertiary/aromatic N) is 2. The maximum Gasteiger partial charge on any atom is 0.155 e. The van der Waals surface area contributed by atoms with E-state index < -0.39 is 0 Å². The first-order chi connectivity index (χ1) is 13.3. The summed E-state index contributed by atoms with van der Waals surface area (Å²) in [5.74, 6) is 1.16. The van der Waals surface area contributed by atoms with Crippen LogP contribution in [-0.2, 0) is 4.74 Å². The van der Waals surface area contributed by atoms with Crippen LogP contribution in [0.4, 0.5) is 0 Å². The van der Waals surface area contributed by atoms with Crippen LogP contribution >= 0.6 is 0 Å². The molecule has 1 N–H and O–H groups in total. The van der Waals surface area contributed by atoms with Gasteiger partial charge in [-0.2, -0.15) is 0 Å². The number of ether oxygens (including phenoxy) is 2. The molecule has 4 aromatic rings. The molecule has 0 aliphatic rings. The summed E-state index contributed by atoms with van der Waals surface area (Å²) in [6.45, 7) is 0.929. The fourth-order valence-electron chi connectivity index (χ4n) is 2.91. The number of hydrogen-bond donors (Lipinski definition) is 1. The van der Waals surface area contributed by atoms with Crippen molar-refractivity contribution in [1.82, 2.24) is 4.98 Å². The average Bonchev–Trinajstić information content (AvgIpc) is 2.72. The van der Waals surface area contributed by atoms with Crippen molar-refractivity contribution in [1.29, 1.82) is 0 Å². The molecule has 0 amide bonds. The van der Waals surface area contributed by atoms with Gasteiger partial charge >= 0.3 is 0 Å². The third kappa shape index (κ3) is 3.47. The van der Waals surface area contributed by atoms with Crippen molar-refractivity contribution in [2.24, 2.45) is 5.16 Å². The molecule has 0 saturated carbocycles. The molecule has 0 bridgehead atoms. The summed E-state index contributed by atoms with van der Waals surface area (Å²) in [6.07, 6.45) is 1.80. The second kappa shape index (κ2) is 7.47. The van der Waals surface area contributed by atoms with E-state index in [-0.39, 0.29) is 0 Å². The first kappa shape index (κ1) is 17.1. The Morgan fingerprint density at radius 1 is 1.04 bits per heavy atom. The van der Waals surface area contributed by atoms with E-state index in [1.165, 1.54) is 0 Å². The lowest BCUT2D eigenvalue weighted by molar-refractivity contribution is 0.146. The third-order valence-electron chi connectivity index (χ3n) is 4.26. The topological polar surface area (TPSA) is 77.1 Å². The van der Waals surface area contributed by atoms with Crippen LogP contribution in [0.3, 0.4) is 0 Å². The van der Waals surface area contributed by atoms with E-state index in [0.717, 1.165) is 10.8 Å². The SMILES string of the molecule is COCCOc1ccc2/c(=N\O)cc(-c3cc4ccccc4cn3)oc2c1. The molecule has 0 atom stereocenters. The maximum atomic E-state index is 9.44. The number of aromatic nitrogens is 1. The molecule has 0 aliphatic heterocycles. The van der Waals surface area contributed by atoms with Crippen LogP contribution in [0.2, 0.25) is 0 Å². The van der Waals surface area contributed by atoms with Crippen molar-refractivity contribution in [3.63, 3.8) is 0 Å². The Kier molecular flexibility index (Phi) is 4.72. The number of fused-ring (bicyclic) bond motifs is 2. The van der Waals surface area contributed by atoms with E-state index in [1.54, 1.807) is 37.6 Å². The Labute approximate surface area is 155 Å². The fourth-order valence-corrected chi connectivity index (χ4v) is 2.91. The molecule has 2 aromatic heterocycles. The minimum Gasteiger partial charge on any atom is -0.491 e. The normalized spacial score (nSPS) is 12.0.